The van der Waals surface area contributed by atoms with Crippen molar-refractivity contribution in [3.05, 3.63) is 35.4 Å². The fraction of sp³-hybridized carbons (Fsp3) is 0.222. The van der Waals surface area contributed by atoms with Crippen LogP contribution in [0.4, 0.5) is 0 Å². The maximum atomic E-state index is 10.4. The molecule has 2 nitrogen and oxygen atoms in total. The van der Waals surface area contributed by atoms with Crippen molar-refractivity contribution in [1.82, 2.24) is 0 Å². The normalized spacial score (nSPS) is 8.75. The van der Waals surface area contributed by atoms with Crippen LogP contribution in [0.3, 0.4) is 0 Å². The zero-order valence-corrected chi connectivity index (χ0v) is 10.0. The molecule has 0 aromatic heterocycles. The van der Waals surface area contributed by atoms with Gasteiger partial charge in [0.1, 0.15) is 0 Å². The van der Waals surface area contributed by atoms with Crippen LogP contribution in [0.1, 0.15) is 22.8 Å². The average Bonchev–Trinajstić information content (AvgIpc) is 2.05. The van der Waals surface area contributed by atoms with Gasteiger partial charge in [-0.05, 0) is 24.1 Å². The van der Waals surface area contributed by atoms with Crippen LogP contribution in [0.2, 0.25) is 0 Å². The van der Waals surface area contributed by atoms with Gasteiger partial charge in [0, 0.05) is 19.5 Å². The molecule has 0 radical (unpaired) electrons. The van der Waals surface area contributed by atoms with Crippen LogP contribution < -0.4 is 0 Å². The Hall–Kier alpha value is -0.687. The van der Waals surface area contributed by atoms with Gasteiger partial charge < -0.3 is 5.11 Å². The number of benzene rings is 1. The number of carbonyl (C=O) groups is 1. The molecule has 0 unspecified atom stereocenters. The van der Waals surface area contributed by atoms with Crippen molar-refractivity contribution in [2.75, 3.05) is 0 Å². The Labute approximate surface area is 84.4 Å². The van der Waals surface area contributed by atoms with Gasteiger partial charge in [0.05, 0.1) is 5.56 Å². The first-order valence-electron chi connectivity index (χ1n) is 3.56. The molecule has 1 N–H and O–H groups in total. The third-order valence-electron chi connectivity index (χ3n) is 1.61. The van der Waals surface area contributed by atoms with Gasteiger partial charge in [-0.1, -0.05) is 19.1 Å². The summed E-state index contributed by atoms with van der Waals surface area (Å²) in [6, 6.07) is 6.93. The molecule has 12 heavy (non-hydrogen) atoms. The number of aromatic carboxylic acids is 1. The van der Waals surface area contributed by atoms with E-state index in [0.717, 1.165) is 12.0 Å². The van der Waals surface area contributed by atoms with E-state index in [1.807, 2.05) is 19.1 Å². The summed E-state index contributed by atoms with van der Waals surface area (Å²) >= 11 is 0. The summed E-state index contributed by atoms with van der Waals surface area (Å²) in [6.45, 7) is 2.04. The third kappa shape index (κ3) is 2.74. The van der Waals surface area contributed by atoms with Gasteiger partial charge in [0.15, 0.2) is 0 Å². The topological polar surface area (TPSA) is 37.3 Å². The van der Waals surface area contributed by atoms with Gasteiger partial charge in [-0.3, -0.25) is 0 Å². The Morgan fingerprint density at radius 1 is 1.33 bits per heavy atom. The second-order valence-electron chi connectivity index (χ2n) is 2.36. The SMILES string of the molecule is CCc1ccc(C(=O)O)cc1.[Zn]. The summed E-state index contributed by atoms with van der Waals surface area (Å²) in [5.41, 5.74) is 1.51. The van der Waals surface area contributed by atoms with Gasteiger partial charge >= 0.3 is 5.97 Å². The van der Waals surface area contributed by atoms with E-state index in [9.17, 15) is 4.79 Å². The molecule has 0 fully saturated rings. The van der Waals surface area contributed by atoms with Crippen LogP contribution in [-0.2, 0) is 25.9 Å². The van der Waals surface area contributed by atoms with Crippen LogP contribution >= 0.6 is 0 Å². The molecule has 0 saturated heterocycles. The van der Waals surface area contributed by atoms with Crippen LogP contribution in [0.25, 0.3) is 0 Å². The Balaban J connectivity index is 0.00000121. The summed E-state index contributed by atoms with van der Waals surface area (Å²) in [7, 11) is 0. The summed E-state index contributed by atoms with van der Waals surface area (Å²) < 4.78 is 0. The van der Waals surface area contributed by atoms with Gasteiger partial charge in [-0.2, -0.15) is 0 Å². The quantitative estimate of drug-likeness (QED) is 0.766. The van der Waals surface area contributed by atoms with Crippen molar-refractivity contribution in [2.45, 2.75) is 13.3 Å². The fourth-order valence-electron chi connectivity index (χ4n) is 0.883. The van der Waals surface area contributed by atoms with Gasteiger partial charge in [0.2, 0.25) is 0 Å². The molecular formula is C9H10O2Zn. The molecule has 0 aliphatic carbocycles. The first-order valence-corrected chi connectivity index (χ1v) is 3.56. The third-order valence-corrected chi connectivity index (χ3v) is 1.61. The van der Waals surface area contributed by atoms with E-state index in [1.54, 1.807) is 12.1 Å². The molecule has 0 bridgehead atoms. The minimum absolute atomic E-state index is 0. The minimum atomic E-state index is -0.868. The molecule has 0 aliphatic heterocycles. The van der Waals surface area contributed by atoms with Crippen molar-refractivity contribution < 1.29 is 29.4 Å². The Morgan fingerprint density at radius 3 is 2.17 bits per heavy atom. The van der Waals surface area contributed by atoms with Gasteiger partial charge in [-0.25, -0.2) is 4.79 Å². The molecule has 0 spiro atoms. The maximum Gasteiger partial charge on any atom is 0.335 e. The molecule has 0 aliphatic rings. The van der Waals surface area contributed by atoms with Crippen LogP contribution in [-0.4, -0.2) is 11.1 Å². The van der Waals surface area contributed by atoms with E-state index in [0.29, 0.717) is 5.56 Å². The summed E-state index contributed by atoms with van der Waals surface area (Å²) in [4.78, 5) is 10.4. The number of aryl methyl sites for hydroxylation is 1. The van der Waals surface area contributed by atoms with E-state index >= 15 is 0 Å². The Bertz CT molecular complexity index is 254. The molecule has 1 aromatic carbocycles. The summed E-state index contributed by atoms with van der Waals surface area (Å²) in [5.74, 6) is -0.868. The molecule has 3 heteroatoms. The Kier molecular flexibility index (Phi) is 4.76. The number of hydrogen-bond donors (Lipinski definition) is 1. The predicted molar refractivity (Wildman–Crippen MR) is 42.8 cm³/mol. The molecule has 0 heterocycles. The van der Waals surface area contributed by atoms with Crippen LogP contribution in [0.5, 0.6) is 0 Å². The van der Waals surface area contributed by atoms with Crippen molar-refractivity contribution in [1.29, 1.82) is 0 Å². The smallest absolute Gasteiger partial charge is 0.335 e. The minimum Gasteiger partial charge on any atom is -0.478 e. The van der Waals surface area contributed by atoms with Crippen molar-refractivity contribution >= 4 is 5.97 Å². The zero-order chi connectivity index (χ0) is 8.27. The molecule has 0 saturated carbocycles. The van der Waals surface area contributed by atoms with Crippen LogP contribution in [0.15, 0.2) is 24.3 Å². The average molecular weight is 216 g/mol. The molecular weight excluding hydrogens is 205 g/mol. The molecule has 1 aromatic rings. The van der Waals surface area contributed by atoms with Gasteiger partial charge in [-0.15, -0.1) is 0 Å². The second kappa shape index (κ2) is 5.05. The summed E-state index contributed by atoms with van der Waals surface area (Å²) in [5, 5.41) is 8.55. The number of hydrogen-bond acceptors (Lipinski definition) is 1. The second-order valence-corrected chi connectivity index (χ2v) is 2.36. The summed E-state index contributed by atoms with van der Waals surface area (Å²) in [6.07, 6.45) is 0.944. The zero-order valence-electron chi connectivity index (χ0n) is 7.08. The molecule has 60 valence electrons. The first-order chi connectivity index (χ1) is 5.24. The number of carboxylic acids is 1. The largest absolute Gasteiger partial charge is 0.478 e. The fourth-order valence-corrected chi connectivity index (χ4v) is 0.883. The number of carboxylic acid groups (broad SMARTS) is 1. The van der Waals surface area contributed by atoms with Gasteiger partial charge in [0.25, 0.3) is 0 Å². The van der Waals surface area contributed by atoms with Crippen molar-refractivity contribution in [3.8, 4) is 0 Å². The molecule has 1 rings (SSSR count). The number of rotatable bonds is 2. The van der Waals surface area contributed by atoms with E-state index < -0.39 is 5.97 Å². The predicted octanol–water partition coefficient (Wildman–Crippen LogP) is 1.94. The van der Waals surface area contributed by atoms with Crippen LogP contribution in [0, 0.1) is 0 Å². The van der Waals surface area contributed by atoms with E-state index in [4.69, 9.17) is 5.11 Å². The Morgan fingerprint density at radius 2 is 1.83 bits per heavy atom. The van der Waals surface area contributed by atoms with E-state index in [2.05, 4.69) is 0 Å². The van der Waals surface area contributed by atoms with Crippen molar-refractivity contribution in [3.63, 3.8) is 0 Å². The molecule has 0 atom stereocenters. The standard InChI is InChI=1S/C9H10O2.Zn/c1-2-7-3-5-8(6-4-7)9(10)11;/h3-6H,2H2,1H3,(H,10,11);. The maximum absolute atomic E-state index is 10.4. The monoisotopic (exact) mass is 214 g/mol. The van der Waals surface area contributed by atoms with E-state index in [1.165, 1.54) is 0 Å². The van der Waals surface area contributed by atoms with E-state index in [-0.39, 0.29) is 19.5 Å². The first kappa shape index (κ1) is 11.3. The van der Waals surface area contributed by atoms with Crippen molar-refractivity contribution in [2.24, 2.45) is 0 Å². The molecule has 0 amide bonds.